The zero-order valence-electron chi connectivity index (χ0n) is 16.7. The molecule has 0 aliphatic heterocycles. The Labute approximate surface area is 156 Å². The fourth-order valence-corrected chi connectivity index (χ4v) is 1.74. The highest BCUT2D eigenvalue weighted by atomic mass is 16.6. The normalized spacial score (nSPS) is 12.9. The molecule has 0 aromatic heterocycles. The number of amides is 1. The third-order valence-electron chi connectivity index (χ3n) is 2.82. The van der Waals surface area contributed by atoms with E-state index in [1.807, 2.05) is 13.8 Å². The van der Waals surface area contributed by atoms with Crippen LogP contribution < -0.4 is 11.1 Å². The van der Waals surface area contributed by atoms with Gasteiger partial charge in [-0.2, -0.15) is 0 Å². The van der Waals surface area contributed by atoms with E-state index in [2.05, 4.69) is 16.6 Å². The van der Waals surface area contributed by atoms with E-state index in [4.69, 9.17) is 15.6 Å². The standard InChI is InChI=1S/C11H21NO4.C7H13NO2/c1-7(2)6-8(9(13)14)12-10(15)16-11(3,4)5;1-3-4-6(8)5-7(9)10-2/h7-8H,6H2,1-5H3,(H,12,15)(H,13,14);3,6H,1,4-5,8H2,2H3. The molecular weight excluding hydrogens is 340 g/mol. The van der Waals surface area contributed by atoms with E-state index in [1.54, 1.807) is 26.8 Å². The predicted octanol–water partition coefficient (Wildman–Crippen LogP) is 2.46. The number of hydrogen-bond acceptors (Lipinski definition) is 6. The number of esters is 1. The highest BCUT2D eigenvalue weighted by Crippen LogP contribution is 2.09. The first kappa shape index (κ1) is 26.1. The van der Waals surface area contributed by atoms with Crippen molar-refractivity contribution in [3.8, 4) is 0 Å². The van der Waals surface area contributed by atoms with Gasteiger partial charge in [0.05, 0.1) is 13.5 Å². The van der Waals surface area contributed by atoms with Crippen LogP contribution in [0.25, 0.3) is 0 Å². The maximum Gasteiger partial charge on any atom is 0.408 e. The summed E-state index contributed by atoms with van der Waals surface area (Å²) in [5.74, 6) is -1.12. The largest absolute Gasteiger partial charge is 0.480 e. The molecule has 8 heteroatoms. The van der Waals surface area contributed by atoms with Crippen molar-refractivity contribution in [2.45, 2.75) is 71.6 Å². The van der Waals surface area contributed by atoms with Crippen molar-refractivity contribution >= 4 is 18.0 Å². The number of hydrogen-bond donors (Lipinski definition) is 3. The minimum Gasteiger partial charge on any atom is -0.480 e. The number of rotatable bonds is 8. The quantitative estimate of drug-likeness (QED) is 0.440. The Kier molecular flexibility index (Phi) is 13.2. The number of carboxylic acid groups (broad SMARTS) is 1. The summed E-state index contributed by atoms with van der Waals surface area (Å²) in [7, 11) is 1.35. The number of carboxylic acids is 1. The van der Waals surface area contributed by atoms with Crippen LogP contribution in [0, 0.1) is 5.92 Å². The number of carbonyl (C=O) groups excluding carboxylic acids is 2. The fraction of sp³-hybridized carbons (Fsp3) is 0.722. The monoisotopic (exact) mass is 374 g/mol. The number of carbonyl (C=O) groups is 3. The third kappa shape index (κ3) is 16.8. The van der Waals surface area contributed by atoms with Crippen molar-refractivity contribution in [2.24, 2.45) is 11.7 Å². The van der Waals surface area contributed by atoms with Crippen molar-refractivity contribution in [1.29, 1.82) is 0 Å². The molecule has 0 radical (unpaired) electrons. The SMILES string of the molecule is C=CCC(N)CC(=O)OC.CC(C)CC(NC(=O)OC(C)(C)C)C(=O)O. The van der Waals surface area contributed by atoms with Crippen molar-refractivity contribution < 1.29 is 29.0 Å². The van der Waals surface area contributed by atoms with E-state index in [0.29, 0.717) is 12.8 Å². The number of aliphatic carboxylic acids is 1. The fourth-order valence-electron chi connectivity index (χ4n) is 1.74. The summed E-state index contributed by atoms with van der Waals surface area (Å²) < 4.78 is 9.40. The molecule has 0 aromatic carbocycles. The molecule has 152 valence electrons. The summed E-state index contributed by atoms with van der Waals surface area (Å²) in [5, 5.41) is 11.2. The second-order valence-electron chi connectivity index (χ2n) is 7.23. The first-order chi connectivity index (χ1) is 11.8. The first-order valence-electron chi connectivity index (χ1n) is 8.48. The Morgan fingerprint density at radius 3 is 2.15 bits per heavy atom. The molecule has 4 N–H and O–H groups in total. The van der Waals surface area contributed by atoms with Crippen LogP contribution in [0.3, 0.4) is 0 Å². The van der Waals surface area contributed by atoms with Crippen molar-refractivity contribution in [1.82, 2.24) is 5.32 Å². The van der Waals surface area contributed by atoms with Gasteiger partial charge in [0.25, 0.3) is 0 Å². The van der Waals surface area contributed by atoms with Gasteiger partial charge in [0.1, 0.15) is 11.6 Å². The molecule has 2 atom stereocenters. The molecule has 8 nitrogen and oxygen atoms in total. The minimum absolute atomic E-state index is 0.148. The summed E-state index contributed by atoms with van der Waals surface area (Å²) in [6, 6.07) is -1.04. The van der Waals surface area contributed by atoms with Gasteiger partial charge >= 0.3 is 18.0 Å². The van der Waals surface area contributed by atoms with Gasteiger partial charge in [-0.3, -0.25) is 4.79 Å². The molecular formula is C18H34N2O6. The van der Waals surface area contributed by atoms with Crippen LogP contribution in [0.5, 0.6) is 0 Å². The maximum atomic E-state index is 11.4. The number of ether oxygens (including phenoxy) is 2. The van der Waals surface area contributed by atoms with Crippen LogP contribution in [0.4, 0.5) is 4.79 Å². The summed E-state index contributed by atoms with van der Waals surface area (Å²) in [6.07, 6.45) is 2.29. The Hall–Kier alpha value is -2.09. The van der Waals surface area contributed by atoms with Gasteiger partial charge < -0.3 is 25.6 Å². The number of methoxy groups -OCH3 is 1. The minimum atomic E-state index is -1.04. The smallest absolute Gasteiger partial charge is 0.408 e. The summed E-state index contributed by atoms with van der Waals surface area (Å²) in [4.78, 5) is 32.8. The second kappa shape index (κ2) is 13.2. The van der Waals surface area contributed by atoms with E-state index in [9.17, 15) is 14.4 Å². The highest BCUT2D eigenvalue weighted by molar-refractivity contribution is 5.80. The maximum absolute atomic E-state index is 11.4. The Bertz CT molecular complexity index is 457. The van der Waals surface area contributed by atoms with Crippen LogP contribution in [-0.4, -0.2) is 47.9 Å². The van der Waals surface area contributed by atoms with Crippen LogP contribution in [0.2, 0.25) is 0 Å². The first-order valence-corrected chi connectivity index (χ1v) is 8.48. The highest BCUT2D eigenvalue weighted by Gasteiger charge is 2.24. The van der Waals surface area contributed by atoms with Gasteiger partial charge in [-0.15, -0.1) is 6.58 Å². The third-order valence-corrected chi connectivity index (χ3v) is 2.82. The van der Waals surface area contributed by atoms with Gasteiger partial charge in [-0.05, 0) is 39.5 Å². The lowest BCUT2D eigenvalue weighted by molar-refractivity contribution is -0.141. The average molecular weight is 374 g/mol. The zero-order chi connectivity index (χ0) is 20.9. The van der Waals surface area contributed by atoms with Gasteiger partial charge in [0.2, 0.25) is 0 Å². The van der Waals surface area contributed by atoms with E-state index < -0.39 is 23.7 Å². The predicted molar refractivity (Wildman–Crippen MR) is 99.7 cm³/mol. The van der Waals surface area contributed by atoms with Crippen molar-refractivity contribution in [3.63, 3.8) is 0 Å². The van der Waals surface area contributed by atoms with Gasteiger partial charge in [-0.25, -0.2) is 9.59 Å². The van der Waals surface area contributed by atoms with E-state index >= 15 is 0 Å². The number of nitrogens with two attached hydrogens (primary N) is 1. The van der Waals surface area contributed by atoms with Gasteiger partial charge in [0.15, 0.2) is 0 Å². The molecule has 0 aliphatic rings. The van der Waals surface area contributed by atoms with Crippen LogP contribution in [0.15, 0.2) is 12.7 Å². The van der Waals surface area contributed by atoms with E-state index in [0.717, 1.165) is 0 Å². The summed E-state index contributed by atoms with van der Waals surface area (Å²) in [6.45, 7) is 12.5. The van der Waals surface area contributed by atoms with Crippen molar-refractivity contribution in [2.75, 3.05) is 7.11 Å². The van der Waals surface area contributed by atoms with Crippen LogP contribution in [0.1, 0.15) is 53.9 Å². The average Bonchev–Trinajstić information content (AvgIpc) is 2.44. The summed E-state index contributed by atoms with van der Waals surface area (Å²) in [5.41, 5.74) is 4.87. The summed E-state index contributed by atoms with van der Waals surface area (Å²) >= 11 is 0. The molecule has 0 saturated carbocycles. The Morgan fingerprint density at radius 2 is 1.81 bits per heavy atom. The Morgan fingerprint density at radius 1 is 1.27 bits per heavy atom. The molecule has 0 aromatic rings. The molecule has 0 rings (SSSR count). The molecule has 26 heavy (non-hydrogen) atoms. The van der Waals surface area contributed by atoms with E-state index in [1.165, 1.54) is 7.11 Å². The van der Waals surface area contributed by atoms with Crippen LogP contribution >= 0.6 is 0 Å². The molecule has 2 unspecified atom stereocenters. The van der Waals surface area contributed by atoms with E-state index in [-0.39, 0.29) is 24.3 Å². The van der Waals surface area contributed by atoms with Crippen LogP contribution in [-0.2, 0) is 19.1 Å². The lowest BCUT2D eigenvalue weighted by Crippen LogP contribution is -2.44. The molecule has 0 bridgehead atoms. The zero-order valence-corrected chi connectivity index (χ0v) is 16.7. The number of alkyl carbamates (subject to hydrolysis) is 1. The molecule has 0 aliphatic carbocycles. The lowest BCUT2D eigenvalue weighted by atomic mass is 10.0. The lowest BCUT2D eigenvalue weighted by Gasteiger charge is -2.22. The Balaban J connectivity index is 0. The topological polar surface area (TPSA) is 128 Å². The molecule has 1 amide bonds. The molecule has 0 heterocycles. The second-order valence-corrected chi connectivity index (χ2v) is 7.23. The molecule has 0 saturated heterocycles. The van der Waals surface area contributed by atoms with Gasteiger partial charge in [0, 0.05) is 6.04 Å². The van der Waals surface area contributed by atoms with Gasteiger partial charge in [-0.1, -0.05) is 19.9 Å². The molecule has 0 fully saturated rings. The number of nitrogens with one attached hydrogen (secondary N) is 1. The van der Waals surface area contributed by atoms with Crippen molar-refractivity contribution in [3.05, 3.63) is 12.7 Å². The molecule has 0 spiro atoms.